The van der Waals surface area contributed by atoms with E-state index in [1.165, 1.54) is 0 Å². The molecule has 0 spiro atoms. The van der Waals surface area contributed by atoms with Crippen LogP contribution in [0.15, 0.2) is 42.5 Å². The number of carbonyl (C=O) groups excluding carboxylic acids is 3. The lowest BCUT2D eigenvalue weighted by Crippen LogP contribution is -2.36. The first kappa shape index (κ1) is 21.0. The molecule has 0 aliphatic rings. The molecule has 0 unspecified atom stereocenters. The lowest BCUT2D eigenvalue weighted by atomic mass is 10.1. The van der Waals surface area contributed by atoms with Gasteiger partial charge in [-0.15, -0.1) is 0 Å². The Morgan fingerprint density at radius 3 is 2.07 bits per heavy atom. The van der Waals surface area contributed by atoms with Crippen LogP contribution in [-0.2, 0) is 4.79 Å². The standard InChI is InChI=1S/C21H26N4O3/c1-4-19(26)24-17-9-6-16(7-10-17)20(27)22-11-12-23-21(28)25-18-8-5-14(2)15(3)13-18/h5-10,13H,4,11-12H2,1-3H3,(H,22,27)(H,24,26)(H2,23,25,28). The van der Waals surface area contributed by atoms with Crippen LogP contribution in [0.25, 0.3) is 0 Å². The molecule has 148 valence electrons. The van der Waals surface area contributed by atoms with Crippen LogP contribution in [0.1, 0.15) is 34.8 Å². The second kappa shape index (κ2) is 10.1. The van der Waals surface area contributed by atoms with Gasteiger partial charge in [0.25, 0.3) is 5.91 Å². The molecular formula is C21H26N4O3. The number of benzene rings is 2. The van der Waals surface area contributed by atoms with Gasteiger partial charge in [-0.05, 0) is 61.4 Å². The number of aryl methyl sites for hydroxylation is 2. The van der Waals surface area contributed by atoms with Crippen molar-refractivity contribution in [3.63, 3.8) is 0 Å². The molecule has 0 aliphatic heterocycles. The number of nitrogens with one attached hydrogen (secondary N) is 4. The first-order valence-electron chi connectivity index (χ1n) is 9.19. The molecule has 0 bridgehead atoms. The van der Waals surface area contributed by atoms with Gasteiger partial charge in [-0.1, -0.05) is 13.0 Å². The Morgan fingerprint density at radius 1 is 0.786 bits per heavy atom. The Kier molecular flexibility index (Phi) is 7.56. The first-order chi connectivity index (χ1) is 13.4. The summed E-state index contributed by atoms with van der Waals surface area (Å²) in [5, 5.41) is 10.9. The predicted molar refractivity (Wildman–Crippen MR) is 111 cm³/mol. The summed E-state index contributed by atoms with van der Waals surface area (Å²) in [7, 11) is 0. The van der Waals surface area contributed by atoms with Gasteiger partial charge in [-0.3, -0.25) is 9.59 Å². The van der Waals surface area contributed by atoms with Gasteiger partial charge in [0, 0.05) is 36.4 Å². The SMILES string of the molecule is CCC(=O)Nc1ccc(C(=O)NCCNC(=O)Nc2ccc(C)c(C)c2)cc1. The number of carbonyl (C=O) groups is 3. The molecule has 2 aromatic rings. The van der Waals surface area contributed by atoms with Gasteiger partial charge < -0.3 is 21.3 Å². The summed E-state index contributed by atoms with van der Waals surface area (Å²) in [5.41, 5.74) is 4.11. The molecule has 4 amide bonds. The molecule has 4 N–H and O–H groups in total. The third-order valence-corrected chi connectivity index (χ3v) is 4.21. The van der Waals surface area contributed by atoms with Crippen molar-refractivity contribution in [2.75, 3.05) is 23.7 Å². The third-order valence-electron chi connectivity index (χ3n) is 4.21. The largest absolute Gasteiger partial charge is 0.350 e. The van der Waals surface area contributed by atoms with Crippen molar-refractivity contribution >= 4 is 29.2 Å². The second-order valence-corrected chi connectivity index (χ2v) is 6.41. The molecule has 0 atom stereocenters. The molecule has 7 heteroatoms. The van der Waals surface area contributed by atoms with Crippen LogP contribution in [0.2, 0.25) is 0 Å². The molecule has 2 aromatic carbocycles. The predicted octanol–water partition coefficient (Wildman–Crippen LogP) is 3.20. The molecular weight excluding hydrogens is 356 g/mol. The first-order valence-corrected chi connectivity index (χ1v) is 9.19. The van der Waals surface area contributed by atoms with Gasteiger partial charge in [-0.25, -0.2) is 4.79 Å². The van der Waals surface area contributed by atoms with E-state index in [2.05, 4.69) is 21.3 Å². The van der Waals surface area contributed by atoms with Gasteiger partial charge in [0.15, 0.2) is 0 Å². The molecule has 0 fully saturated rings. The normalized spacial score (nSPS) is 10.1. The molecule has 28 heavy (non-hydrogen) atoms. The van der Waals surface area contributed by atoms with Crippen LogP contribution < -0.4 is 21.3 Å². The van der Waals surface area contributed by atoms with Crippen molar-refractivity contribution in [3.05, 3.63) is 59.2 Å². The van der Waals surface area contributed by atoms with Crippen LogP contribution >= 0.6 is 0 Å². The van der Waals surface area contributed by atoms with Crippen molar-refractivity contribution in [3.8, 4) is 0 Å². The summed E-state index contributed by atoms with van der Waals surface area (Å²) in [4.78, 5) is 35.4. The highest BCUT2D eigenvalue weighted by Crippen LogP contribution is 2.13. The summed E-state index contributed by atoms with van der Waals surface area (Å²) in [6.45, 7) is 6.36. The van der Waals surface area contributed by atoms with E-state index in [0.29, 0.717) is 30.8 Å². The topological polar surface area (TPSA) is 99.3 Å². The van der Waals surface area contributed by atoms with Crippen LogP contribution in [-0.4, -0.2) is 30.9 Å². The Morgan fingerprint density at radius 2 is 1.43 bits per heavy atom. The molecule has 0 radical (unpaired) electrons. The molecule has 0 saturated heterocycles. The fourth-order valence-corrected chi connectivity index (χ4v) is 2.40. The minimum atomic E-state index is -0.325. The summed E-state index contributed by atoms with van der Waals surface area (Å²) in [6, 6.07) is 12.0. The van der Waals surface area contributed by atoms with Crippen molar-refractivity contribution < 1.29 is 14.4 Å². The van der Waals surface area contributed by atoms with E-state index >= 15 is 0 Å². The van der Waals surface area contributed by atoms with Crippen molar-refractivity contribution in [1.29, 1.82) is 0 Å². The number of amides is 4. The number of anilines is 2. The fourth-order valence-electron chi connectivity index (χ4n) is 2.40. The van der Waals surface area contributed by atoms with E-state index in [9.17, 15) is 14.4 Å². The molecule has 2 rings (SSSR count). The second-order valence-electron chi connectivity index (χ2n) is 6.41. The molecule has 7 nitrogen and oxygen atoms in total. The van der Waals surface area contributed by atoms with E-state index in [1.807, 2.05) is 32.0 Å². The smallest absolute Gasteiger partial charge is 0.319 e. The number of urea groups is 1. The summed E-state index contributed by atoms with van der Waals surface area (Å²) in [6.07, 6.45) is 0.395. The third kappa shape index (κ3) is 6.42. The molecule has 0 aromatic heterocycles. The number of rotatable bonds is 7. The van der Waals surface area contributed by atoms with E-state index < -0.39 is 0 Å². The molecule has 0 heterocycles. The van der Waals surface area contributed by atoms with E-state index in [-0.39, 0.29) is 17.8 Å². The summed E-state index contributed by atoms with van der Waals surface area (Å²) < 4.78 is 0. The zero-order chi connectivity index (χ0) is 20.5. The average Bonchev–Trinajstić information content (AvgIpc) is 2.68. The maximum Gasteiger partial charge on any atom is 0.319 e. The van der Waals surface area contributed by atoms with Crippen molar-refractivity contribution in [2.24, 2.45) is 0 Å². The van der Waals surface area contributed by atoms with E-state index in [4.69, 9.17) is 0 Å². The maximum absolute atomic E-state index is 12.1. The van der Waals surface area contributed by atoms with Crippen LogP contribution in [0.3, 0.4) is 0 Å². The number of hydrogen-bond acceptors (Lipinski definition) is 3. The highest BCUT2D eigenvalue weighted by molar-refractivity contribution is 5.95. The maximum atomic E-state index is 12.1. The minimum Gasteiger partial charge on any atom is -0.350 e. The van der Waals surface area contributed by atoms with E-state index in [1.54, 1.807) is 31.2 Å². The molecule has 0 saturated carbocycles. The zero-order valence-electron chi connectivity index (χ0n) is 16.4. The Bertz CT molecular complexity index is 847. The van der Waals surface area contributed by atoms with Gasteiger partial charge in [0.1, 0.15) is 0 Å². The van der Waals surface area contributed by atoms with Crippen LogP contribution in [0.5, 0.6) is 0 Å². The summed E-state index contributed by atoms with van der Waals surface area (Å²) in [5.74, 6) is -0.327. The molecule has 0 aliphatic carbocycles. The lowest BCUT2D eigenvalue weighted by molar-refractivity contribution is -0.115. The quantitative estimate of drug-likeness (QED) is 0.553. The Balaban J connectivity index is 1.72. The lowest BCUT2D eigenvalue weighted by Gasteiger charge is -2.10. The van der Waals surface area contributed by atoms with Gasteiger partial charge in [-0.2, -0.15) is 0 Å². The van der Waals surface area contributed by atoms with Crippen LogP contribution in [0, 0.1) is 13.8 Å². The van der Waals surface area contributed by atoms with Gasteiger partial charge >= 0.3 is 6.03 Å². The van der Waals surface area contributed by atoms with Gasteiger partial charge in [0.05, 0.1) is 0 Å². The summed E-state index contributed by atoms with van der Waals surface area (Å²) >= 11 is 0. The van der Waals surface area contributed by atoms with Crippen molar-refractivity contribution in [2.45, 2.75) is 27.2 Å². The highest BCUT2D eigenvalue weighted by Gasteiger charge is 2.07. The fraction of sp³-hybridized carbons (Fsp3) is 0.286. The van der Waals surface area contributed by atoms with E-state index in [0.717, 1.165) is 16.8 Å². The monoisotopic (exact) mass is 382 g/mol. The average molecular weight is 382 g/mol. The minimum absolute atomic E-state index is 0.0812. The van der Waals surface area contributed by atoms with Crippen molar-refractivity contribution in [1.82, 2.24) is 10.6 Å². The highest BCUT2D eigenvalue weighted by atomic mass is 16.2. The number of hydrogen-bond donors (Lipinski definition) is 4. The van der Waals surface area contributed by atoms with Gasteiger partial charge in [0.2, 0.25) is 5.91 Å². The van der Waals surface area contributed by atoms with Crippen LogP contribution in [0.4, 0.5) is 16.2 Å². The Labute approximate surface area is 164 Å². The zero-order valence-corrected chi connectivity index (χ0v) is 16.4. The Hall–Kier alpha value is -3.35.